The molecule has 6 heteroatoms. The minimum Gasteiger partial charge on any atom is -0.492 e. The maximum atomic E-state index is 12.1. The molecule has 0 aromatic heterocycles. The van der Waals surface area contributed by atoms with E-state index in [1.54, 1.807) is 6.21 Å². The van der Waals surface area contributed by atoms with Crippen LogP contribution in [0.2, 0.25) is 0 Å². The van der Waals surface area contributed by atoms with Gasteiger partial charge in [0, 0.05) is 11.3 Å². The molecule has 144 valence electrons. The molecule has 0 radical (unpaired) electrons. The summed E-state index contributed by atoms with van der Waals surface area (Å²) in [6.07, 6.45) is 1.63. The molecule has 0 spiro atoms. The van der Waals surface area contributed by atoms with Crippen LogP contribution in [-0.2, 0) is 4.79 Å². The molecule has 3 aromatic carbocycles. The van der Waals surface area contributed by atoms with Crippen molar-refractivity contribution in [3.8, 4) is 5.75 Å². The quantitative estimate of drug-likeness (QED) is 0.407. The van der Waals surface area contributed by atoms with Crippen molar-refractivity contribution in [3.05, 3.63) is 70.2 Å². The summed E-state index contributed by atoms with van der Waals surface area (Å²) in [5, 5.41) is 9.29. The minimum absolute atomic E-state index is 0.137. The average Bonchev–Trinajstić information content (AvgIpc) is 2.68. The van der Waals surface area contributed by atoms with Gasteiger partial charge >= 0.3 is 0 Å². The van der Waals surface area contributed by atoms with Crippen LogP contribution in [0.15, 0.2) is 64.2 Å². The lowest BCUT2D eigenvalue weighted by Crippen LogP contribution is -2.25. The second-order valence-electron chi connectivity index (χ2n) is 6.27. The monoisotopic (exact) mass is 439 g/mol. The predicted octanol–water partition coefficient (Wildman–Crippen LogP) is 4.87. The molecule has 0 fully saturated rings. The van der Waals surface area contributed by atoms with Crippen LogP contribution in [0.4, 0.5) is 5.69 Å². The van der Waals surface area contributed by atoms with Gasteiger partial charge in [0.1, 0.15) is 5.75 Å². The highest BCUT2D eigenvalue weighted by Crippen LogP contribution is 2.34. The van der Waals surface area contributed by atoms with Crippen LogP contribution < -0.4 is 15.5 Å². The summed E-state index contributed by atoms with van der Waals surface area (Å²) >= 11 is 3.56. The number of amides is 1. The Bertz CT molecular complexity index is 1020. The number of halogens is 1. The third-order valence-electron chi connectivity index (χ3n) is 4.14. The van der Waals surface area contributed by atoms with Gasteiger partial charge in [-0.1, -0.05) is 36.4 Å². The molecule has 28 heavy (non-hydrogen) atoms. The zero-order chi connectivity index (χ0) is 19.9. The number of hydrogen-bond acceptors (Lipinski definition) is 4. The first-order valence-electron chi connectivity index (χ1n) is 9.05. The normalized spacial score (nSPS) is 11.0. The van der Waals surface area contributed by atoms with Gasteiger partial charge in [0.2, 0.25) is 0 Å². The first-order chi connectivity index (χ1) is 13.6. The van der Waals surface area contributed by atoms with Gasteiger partial charge in [0.25, 0.3) is 5.91 Å². The van der Waals surface area contributed by atoms with Crippen molar-refractivity contribution < 1.29 is 9.53 Å². The number of hydrazone groups is 1. The molecule has 0 aliphatic carbocycles. The van der Waals surface area contributed by atoms with Gasteiger partial charge in [-0.25, -0.2) is 5.43 Å². The molecule has 0 aliphatic rings. The van der Waals surface area contributed by atoms with E-state index in [1.807, 2.05) is 68.4 Å². The van der Waals surface area contributed by atoms with Crippen molar-refractivity contribution in [1.29, 1.82) is 0 Å². The third-order valence-corrected chi connectivity index (χ3v) is 4.73. The largest absolute Gasteiger partial charge is 0.492 e. The van der Waals surface area contributed by atoms with Crippen molar-refractivity contribution >= 4 is 44.5 Å². The number of carbonyl (C=O) groups is 1. The van der Waals surface area contributed by atoms with Gasteiger partial charge < -0.3 is 10.1 Å². The van der Waals surface area contributed by atoms with Gasteiger partial charge in [-0.2, -0.15) is 5.10 Å². The van der Waals surface area contributed by atoms with Crippen molar-refractivity contribution in [2.24, 2.45) is 5.10 Å². The smallest absolute Gasteiger partial charge is 0.259 e. The number of benzene rings is 3. The summed E-state index contributed by atoms with van der Waals surface area (Å²) < 4.78 is 6.64. The summed E-state index contributed by atoms with van der Waals surface area (Å²) in [7, 11) is 0. The Morgan fingerprint density at radius 1 is 1.18 bits per heavy atom. The van der Waals surface area contributed by atoms with Crippen LogP contribution in [0.1, 0.15) is 18.1 Å². The second kappa shape index (κ2) is 9.37. The number of anilines is 1. The molecule has 0 aliphatic heterocycles. The summed E-state index contributed by atoms with van der Waals surface area (Å²) in [5.41, 5.74) is 5.42. The molecule has 0 atom stereocenters. The van der Waals surface area contributed by atoms with E-state index in [-0.39, 0.29) is 12.5 Å². The number of carbonyl (C=O) groups excluding carboxylic acids is 1. The van der Waals surface area contributed by atoms with Crippen LogP contribution >= 0.6 is 15.9 Å². The van der Waals surface area contributed by atoms with E-state index in [1.165, 1.54) is 0 Å². The lowest BCUT2D eigenvalue weighted by Gasteiger charge is -2.12. The lowest BCUT2D eigenvalue weighted by molar-refractivity contribution is -0.119. The van der Waals surface area contributed by atoms with Gasteiger partial charge in [0.15, 0.2) is 0 Å². The van der Waals surface area contributed by atoms with Crippen LogP contribution in [0, 0.1) is 6.92 Å². The highest BCUT2D eigenvalue weighted by atomic mass is 79.9. The Labute approximate surface area is 172 Å². The topological polar surface area (TPSA) is 62.7 Å². The maximum absolute atomic E-state index is 12.1. The molecule has 0 heterocycles. The van der Waals surface area contributed by atoms with Gasteiger partial charge in [-0.3, -0.25) is 4.79 Å². The fourth-order valence-electron chi connectivity index (χ4n) is 2.89. The predicted molar refractivity (Wildman–Crippen MR) is 118 cm³/mol. The van der Waals surface area contributed by atoms with Gasteiger partial charge in [0.05, 0.1) is 23.8 Å². The number of nitrogens with one attached hydrogen (secondary N) is 2. The van der Waals surface area contributed by atoms with Crippen LogP contribution in [0.3, 0.4) is 0 Å². The van der Waals surface area contributed by atoms with E-state index < -0.39 is 0 Å². The minimum atomic E-state index is -0.227. The molecule has 2 N–H and O–H groups in total. The summed E-state index contributed by atoms with van der Waals surface area (Å²) in [6.45, 7) is 4.61. The molecular weight excluding hydrogens is 418 g/mol. The maximum Gasteiger partial charge on any atom is 0.259 e. The van der Waals surface area contributed by atoms with Gasteiger partial charge in [-0.15, -0.1) is 0 Å². The molecule has 0 saturated heterocycles. The summed E-state index contributed by atoms with van der Waals surface area (Å²) in [5.74, 6) is 0.479. The average molecular weight is 440 g/mol. The molecular formula is C22H22BrN3O2. The Kier molecular flexibility index (Phi) is 6.66. The fraction of sp³-hybridized carbons (Fsp3) is 0.182. The molecule has 0 saturated carbocycles. The Morgan fingerprint density at radius 3 is 2.79 bits per heavy atom. The highest BCUT2D eigenvalue weighted by Gasteiger charge is 2.12. The van der Waals surface area contributed by atoms with Crippen LogP contribution in [0.25, 0.3) is 10.8 Å². The summed E-state index contributed by atoms with van der Waals surface area (Å²) in [4.78, 5) is 12.1. The Hall–Kier alpha value is -2.86. The summed E-state index contributed by atoms with van der Waals surface area (Å²) in [6, 6.07) is 17.9. The van der Waals surface area contributed by atoms with E-state index >= 15 is 0 Å². The number of hydrogen-bond donors (Lipinski definition) is 2. The Balaban J connectivity index is 1.73. The molecule has 1 amide bonds. The number of fused-ring (bicyclic) bond motifs is 1. The van der Waals surface area contributed by atoms with Gasteiger partial charge in [-0.05, 0) is 64.3 Å². The molecule has 0 unspecified atom stereocenters. The Morgan fingerprint density at radius 2 is 2.00 bits per heavy atom. The first kappa shape index (κ1) is 19.9. The molecule has 5 nitrogen and oxygen atoms in total. The zero-order valence-corrected chi connectivity index (χ0v) is 17.4. The first-order valence-corrected chi connectivity index (χ1v) is 9.84. The molecule has 0 bridgehead atoms. The molecule has 3 rings (SSSR count). The van der Waals surface area contributed by atoms with Crippen LogP contribution in [0.5, 0.6) is 5.75 Å². The SMILES string of the molecule is CCOc1c(Br)cc2ccccc2c1C=NNC(=O)CNc1cccc(C)c1. The van der Waals surface area contributed by atoms with E-state index in [2.05, 4.69) is 31.8 Å². The number of ether oxygens (including phenoxy) is 1. The molecule has 3 aromatic rings. The van der Waals surface area contributed by atoms with Crippen molar-refractivity contribution in [2.45, 2.75) is 13.8 Å². The lowest BCUT2D eigenvalue weighted by atomic mass is 10.0. The number of aryl methyl sites for hydroxylation is 1. The van der Waals surface area contributed by atoms with E-state index in [9.17, 15) is 4.79 Å². The van der Waals surface area contributed by atoms with E-state index in [0.29, 0.717) is 12.4 Å². The van der Waals surface area contributed by atoms with Crippen LogP contribution in [-0.4, -0.2) is 25.3 Å². The number of nitrogens with zero attached hydrogens (tertiary/aromatic N) is 1. The number of rotatable bonds is 7. The van der Waals surface area contributed by atoms with E-state index in [0.717, 1.165) is 32.1 Å². The highest BCUT2D eigenvalue weighted by molar-refractivity contribution is 9.10. The van der Waals surface area contributed by atoms with Crippen molar-refractivity contribution in [2.75, 3.05) is 18.5 Å². The fourth-order valence-corrected chi connectivity index (χ4v) is 3.46. The zero-order valence-electron chi connectivity index (χ0n) is 15.8. The standard InChI is InChI=1S/C22H22BrN3O2/c1-3-28-22-19(18-10-5-4-8-16(18)12-20(22)23)13-25-26-21(27)14-24-17-9-6-7-15(2)11-17/h4-13,24H,3,14H2,1-2H3,(H,26,27). The van der Waals surface area contributed by atoms with Crippen molar-refractivity contribution in [3.63, 3.8) is 0 Å². The third kappa shape index (κ3) is 4.89. The van der Waals surface area contributed by atoms with Crippen molar-refractivity contribution in [1.82, 2.24) is 5.43 Å². The van der Waals surface area contributed by atoms with E-state index in [4.69, 9.17) is 4.74 Å². The second-order valence-corrected chi connectivity index (χ2v) is 7.13.